The summed E-state index contributed by atoms with van der Waals surface area (Å²) in [5, 5.41) is 0. The molecule has 0 saturated heterocycles. The molecule has 0 aliphatic carbocycles. The Kier molecular flexibility index (Phi) is 6.00. The van der Waals surface area contributed by atoms with E-state index in [9.17, 15) is 9.59 Å². The highest BCUT2D eigenvalue weighted by Gasteiger charge is 2.14. The van der Waals surface area contributed by atoms with Crippen molar-refractivity contribution in [3.8, 4) is 0 Å². The van der Waals surface area contributed by atoms with E-state index in [2.05, 4.69) is 45.2 Å². The molecule has 0 atom stereocenters. The van der Waals surface area contributed by atoms with Crippen molar-refractivity contribution in [1.82, 2.24) is 0 Å². The first kappa shape index (κ1) is 17.1. The monoisotopic (exact) mass is 618 g/mol. The highest BCUT2D eigenvalue weighted by molar-refractivity contribution is 14.1. The maximum absolute atomic E-state index is 12.2. The smallest absolute Gasteiger partial charge is 0.348 e. The van der Waals surface area contributed by atoms with Gasteiger partial charge in [0.1, 0.15) is 11.3 Å². The lowest BCUT2D eigenvalue weighted by molar-refractivity contribution is 0.104. The van der Waals surface area contributed by atoms with Crippen molar-refractivity contribution in [2.24, 2.45) is 0 Å². The summed E-state index contributed by atoms with van der Waals surface area (Å²) in [6.45, 7) is 1.68. The summed E-state index contributed by atoms with van der Waals surface area (Å²) in [7, 11) is 0. The first-order chi connectivity index (χ1) is 9.88. The molecule has 2 aromatic rings. The Hall–Kier alpha value is -0.230. The van der Waals surface area contributed by atoms with Crippen molar-refractivity contribution in [2.75, 3.05) is 0 Å². The third kappa shape index (κ3) is 4.38. The Balaban J connectivity index is 2.31. The summed E-state index contributed by atoms with van der Waals surface area (Å²) in [5.41, 5.74) is 0.406. The molecule has 6 heteroatoms. The number of carbonyl (C=O) groups excluding carboxylic acids is 1. The summed E-state index contributed by atoms with van der Waals surface area (Å²) >= 11 is 6.46. The first-order valence-electron chi connectivity index (χ1n) is 5.86. The molecule has 0 radical (unpaired) electrons. The molecule has 0 fully saturated rings. The van der Waals surface area contributed by atoms with Crippen LogP contribution >= 0.6 is 67.8 Å². The molecular weight excluding hydrogens is 609 g/mol. The zero-order valence-corrected chi connectivity index (χ0v) is 17.3. The number of benzene rings is 1. The van der Waals surface area contributed by atoms with Crippen LogP contribution in [0.15, 0.2) is 39.6 Å². The lowest BCUT2D eigenvalue weighted by atomic mass is 10.1. The van der Waals surface area contributed by atoms with Gasteiger partial charge in [-0.05, 0) is 105 Å². The maximum Gasteiger partial charge on any atom is 0.348 e. The van der Waals surface area contributed by atoms with Gasteiger partial charge in [-0.2, -0.15) is 0 Å². The van der Waals surface area contributed by atoms with Gasteiger partial charge in [-0.1, -0.05) is 12.1 Å². The van der Waals surface area contributed by atoms with E-state index in [-0.39, 0.29) is 11.3 Å². The van der Waals surface area contributed by atoms with Gasteiger partial charge in [0, 0.05) is 10.7 Å². The zero-order chi connectivity index (χ0) is 15.6. The Labute approximate surface area is 162 Å². The summed E-state index contributed by atoms with van der Waals surface area (Å²) in [6, 6.07) is 7.57. The second kappa shape index (κ2) is 7.36. The van der Waals surface area contributed by atoms with Crippen LogP contribution in [0.1, 0.15) is 21.7 Å². The predicted molar refractivity (Wildman–Crippen MR) is 108 cm³/mol. The molecule has 0 aliphatic rings. The lowest BCUT2D eigenvalue weighted by Gasteiger charge is -2.00. The van der Waals surface area contributed by atoms with Crippen molar-refractivity contribution in [2.45, 2.75) is 6.92 Å². The van der Waals surface area contributed by atoms with E-state index in [1.54, 1.807) is 19.1 Å². The zero-order valence-electron chi connectivity index (χ0n) is 10.8. The van der Waals surface area contributed by atoms with Gasteiger partial charge in [-0.15, -0.1) is 0 Å². The van der Waals surface area contributed by atoms with Crippen LogP contribution in [0, 0.1) is 17.6 Å². The number of carbonyl (C=O) groups is 1. The summed E-state index contributed by atoms with van der Waals surface area (Å²) < 4.78 is 7.86. The van der Waals surface area contributed by atoms with Crippen LogP contribution in [0.25, 0.3) is 6.08 Å². The molecule has 1 aromatic heterocycles. The SMILES string of the molecule is Cc1cc(I)c(C(=O)/C=C/c2ccc(I)c(I)c2)c(=O)o1. The number of hydrogen-bond acceptors (Lipinski definition) is 3. The molecule has 0 spiro atoms. The van der Waals surface area contributed by atoms with Gasteiger partial charge in [-0.25, -0.2) is 4.79 Å². The minimum Gasteiger partial charge on any atom is -0.428 e. The van der Waals surface area contributed by atoms with E-state index in [1.807, 2.05) is 40.8 Å². The number of hydrogen-bond donors (Lipinski definition) is 0. The fourth-order valence-electron chi connectivity index (χ4n) is 1.66. The van der Waals surface area contributed by atoms with Crippen LogP contribution in [0.3, 0.4) is 0 Å². The molecule has 0 saturated carbocycles. The topological polar surface area (TPSA) is 47.3 Å². The van der Waals surface area contributed by atoms with E-state index in [0.29, 0.717) is 9.33 Å². The van der Waals surface area contributed by atoms with E-state index in [1.165, 1.54) is 6.08 Å². The second-order valence-electron chi connectivity index (χ2n) is 4.24. The molecular formula is C15H9I3O3. The van der Waals surface area contributed by atoms with Crippen molar-refractivity contribution >= 4 is 79.6 Å². The average Bonchev–Trinajstić information content (AvgIpc) is 2.39. The number of ketones is 1. The van der Waals surface area contributed by atoms with Gasteiger partial charge in [0.25, 0.3) is 0 Å². The Morgan fingerprint density at radius 2 is 1.81 bits per heavy atom. The first-order valence-corrected chi connectivity index (χ1v) is 9.10. The normalized spacial score (nSPS) is 11.0. The van der Waals surface area contributed by atoms with Crippen LogP contribution in [-0.2, 0) is 0 Å². The van der Waals surface area contributed by atoms with E-state index >= 15 is 0 Å². The molecule has 21 heavy (non-hydrogen) atoms. The van der Waals surface area contributed by atoms with Crippen molar-refractivity contribution in [1.29, 1.82) is 0 Å². The Morgan fingerprint density at radius 1 is 1.10 bits per heavy atom. The molecule has 0 aliphatic heterocycles. The highest BCUT2D eigenvalue weighted by atomic mass is 127. The van der Waals surface area contributed by atoms with E-state index in [0.717, 1.165) is 12.7 Å². The predicted octanol–water partition coefficient (Wildman–Crippen LogP) is 4.66. The molecule has 0 unspecified atom stereocenters. The molecule has 0 bridgehead atoms. The Morgan fingerprint density at radius 3 is 2.43 bits per heavy atom. The minimum atomic E-state index is -0.591. The van der Waals surface area contributed by atoms with Gasteiger partial charge in [0.2, 0.25) is 0 Å². The fraction of sp³-hybridized carbons (Fsp3) is 0.0667. The molecule has 0 amide bonds. The molecule has 1 aromatic carbocycles. The Bertz CT molecular complexity index is 791. The minimum absolute atomic E-state index is 0.0812. The van der Waals surface area contributed by atoms with Crippen molar-refractivity contribution in [3.63, 3.8) is 0 Å². The number of aryl methyl sites for hydroxylation is 1. The summed E-state index contributed by atoms with van der Waals surface area (Å²) in [6.07, 6.45) is 3.11. The third-order valence-electron chi connectivity index (χ3n) is 2.64. The molecule has 3 nitrogen and oxygen atoms in total. The van der Waals surface area contributed by atoms with Crippen molar-refractivity contribution < 1.29 is 9.21 Å². The van der Waals surface area contributed by atoms with Gasteiger partial charge < -0.3 is 4.42 Å². The van der Waals surface area contributed by atoms with E-state index in [4.69, 9.17) is 4.42 Å². The standard InChI is InChI=1S/C15H9I3O3/c1-8-6-12(18)14(15(20)21-8)13(19)5-3-9-2-4-10(16)11(17)7-9/h2-7H,1H3/b5-3+. The van der Waals surface area contributed by atoms with Crippen molar-refractivity contribution in [3.05, 3.63) is 68.4 Å². The summed E-state index contributed by atoms with van der Waals surface area (Å²) in [4.78, 5) is 24.0. The van der Waals surface area contributed by atoms with Crippen LogP contribution in [0.2, 0.25) is 0 Å². The highest BCUT2D eigenvalue weighted by Crippen LogP contribution is 2.18. The summed E-state index contributed by atoms with van der Waals surface area (Å²) in [5.74, 6) is 0.152. The van der Waals surface area contributed by atoms with Crippen LogP contribution in [-0.4, -0.2) is 5.78 Å². The van der Waals surface area contributed by atoms with Crippen LogP contribution < -0.4 is 5.63 Å². The van der Waals surface area contributed by atoms with Crippen LogP contribution in [0.5, 0.6) is 0 Å². The average molecular weight is 618 g/mol. The number of rotatable bonds is 3. The second-order valence-corrected chi connectivity index (χ2v) is 7.73. The largest absolute Gasteiger partial charge is 0.428 e. The molecule has 1 heterocycles. The van der Waals surface area contributed by atoms with E-state index < -0.39 is 5.63 Å². The third-order valence-corrected chi connectivity index (χ3v) is 6.36. The van der Waals surface area contributed by atoms with Gasteiger partial charge in [0.15, 0.2) is 5.78 Å². The quantitative estimate of drug-likeness (QED) is 0.286. The molecule has 0 N–H and O–H groups in total. The van der Waals surface area contributed by atoms with Gasteiger partial charge >= 0.3 is 5.63 Å². The lowest BCUT2D eigenvalue weighted by Crippen LogP contribution is -2.15. The molecule has 108 valence electrons. The number of halogens is 3. The maximum atomic E-state index is 12.2. The fourth-order valence-corrected chi connectivity index (χ4v) is 3.46. The number of allylic oxidation sites excluding steroid dienone is 1. The van der Waals surface area contributed by atoms with Crippen LogP contribution in [0.4, 0.5) is 0 Å². The van der Waals surface area contributed by atoms with Gasteiger partial charge in [0.05, 0.1) is 0 Å². The molecule has 2 rings (SSSR count). The van der Waals surface area contributed by atoms with Gasteiger partial charge in [-0.3, -0.25) is 4.79 Å².